The highest BCUT2D eigenvalue weighted by atomic mass is 19.1. The number of aryl methyl sites for hydroxylation is 2. The summed E-state index contributed by atoms with van der Waals surface area (Å²) in [5.74, 6) is -0.945. The van der Waals surface area contributed by atoms with E-state index in [4.69, 9.17) is 0 Å². The zero-order valence-electron chi connectivity index (χ0n) is 25.6. The van der Waals surface area contributed by atoms with Gasteiger partial charge in [-0.25, -0.2) is 9.37 Å². The van der Waals surface area contributed by atoms with Gasteiger partial charge in [0.05, 0.1) is 30.0 Å². The molecule has 9 nitrogen and oxygen atoms in total. The molecule has 10 heteroatoms. The summed E-state index contributed by atoms with van der Waals surface area (Å²) in [6.07, 6.45) is 3.51. The molecule has 3 aromatic carbocycles. The van der Waals surface area contributed by atoms with Gasteiger partial charge in [0, 0.05) is 42.5 Å². The maximum Gasteiger partial charge on any atom is 0.294 e. The van der Waals surface area contributed by atoms with Crippen LogP contribution in [0.25, 0.3) is 27.8 Å². The first-order chi connectivity index (χ1) is 21.0. The third-order valence-corrected chi connectivity index (χ3v) is 7.78. The Hall–Kier alpha value is -5.09. The van der Waals surface area contributed by atoms with Gasteiger partial charge in [0.2, 0.25) is 5.91 Å². The quantitative estimate of drug-likeness (QED) is 0.266. The Labute approximate surface area is 255 Å². The van der Waals surface area contributed by atoms with Crippen molar-refractivity contribution in [1.29, 1.82) is 0 Å². The third kappa shape index (κ3) is 5.89. The first-order valence-electron chi connectivity index (χ1n) is 14.3. The van der Waals surface area contributed by atoms with Crippen molar-refractivity contribution >= 4 is 28.5 Å². The molecule has 0 saturated carbocycles. The average Bonchev–Trinajstić information content (AvgIpc) is 3.34. The number of hydrogen-bond acceptors (Lipinski definition) is 5. The molecule has 5 aromatic rings. The van der Waals surface area contributed by atoms with Crippen molar-refractivity contribution < 1.29 is 14.0 Å². The van der Waals surface area contributed by atoms with Crippen molar-refractivity contribution in [1.82, 2.24) is 24.3 Å². The molecule has 0 saturated heterocycles. The maximum atomic E-state index is 14.0. The Morgan fingerprint density at radius 1 is 1.02 bits per heavy atom. The smallest absolute Gasteiger partial charge is 0.294 e. The molecule has 2 amide bonds. The van der Waals surface area contributed by atoms with Gasteiger partial charge in [-0.2, -0.15) is 0 Å². The average molecular weight is 595 g/mol. The topological polar surface area (TPSA) is 101 Å². The second kappa shape index (κ2) is 12.3. The van der Waals surface area contributed by atoms with E-state index in [1.54, 1.807) is 57.0 Å². The number of amides is 2. The van der Waals surface area contributed by atoms with Crippen LogP contribution in [0.4, 0.5) is 10.2 Å². The Balaban J connectivity index is 1.64. The summed E-state index contributed by atoms with van der Waals surface area (Å²) >= 11 is 0. The van der Waals surface area contributed by atoms with E-state index < -0.39 is 11.6 Å². The maximum absolute atomic E-state index is 14.0. The molecule has 2 N–H and O–H groups in total. The van der Waals surface area contributed by atoms with Crippen LogP contribution in [0.3, 0.4) is 0 Å². The number of halogens is 1. The van der Waals surface area contributed by atoms with E-state index in [0.717, 1.165) is 33.3 Å². The molecular weight excluding hydrogens is 559 g/mol. The lowest BCUT2D eigenvalue weighted by Crippen LogP contribution is -2.38. The second-order valence-corrected chi connectivity index (χ2v) is 11.1. The van der Waals surface area contributed by atoms with Crippen molar-refractivity contribution in [2.75, 3.05) is 26.5 Å². The van der Waals surface area contributed by atoms with E-state index in [0.29, 0.717) is 16.8 Å². The minimum absolute atomic E-state index is 0.0933. The van der Waals surface area contributed by atoms with E-state index in [1.165, 1.54) is 17.0 Å². The molecule has 0 aliphatic rings. The third-order valence-electron chi connectivity index (χ3n) is 7.78. The van der Waals surface area contributed by atoms with Gasteiger partial charge < -0.3 is 20.1 Å². The molecule has 2 heterocycles. The molecule has 0 spiro atoms. The molecule has 226 valence electrons. The van der Waals surface area contributed by atoms with E-state index in [-0.39, 0.29) is 30.0 Å². The van der Waals surface area contributed by atoms with Crippen LogP contribution < -0.4 is 16.2 Å². The highest BCUT2D eigenvalue weighted by Crippen LogP contribution is 2.28. The summed E-state index contributed by atoms with van der Waals surface area (Å²) in [7, 11) is 5.02. The number of hydrogen-bond donors (Lipinski definition) is 2. The minimum Gasteiger partial charge on any atom is -0.345 e. The Kier molecular flexibility index (Phi) is 8.46. The lowest BCUT2D eigenvalue weighted by Gasteiger charge is -2.19. The van der Waals surface area contributed by atoms with Crippen LogP contribution in [0, 0.1) is 19.7 Å². The number of benzene rings is 3. The van der Waals surface area contributed by atoms with Crippen LogP contribution in [0.1, 0.15) is 34.0 Å². The largest absolute Gasteiger partial charge is 0.345 e. The molecule has 0 fully saturated rings. The number of likely N-dealkylation sites (N-methyl/N-ethyl adjacent to an activating group) is 1. The van der Waals surface area contributed by atoms with Crippen LogP contribution in [0.5, 0.6) is 0 Å². The normalized spacial score (nSPS) is 11.9. The molecule has 5 rings (SSSR count). The fourth-order valence-electron chi connectivity index (χ4n) is 5.16. The Bertz CT molecular complexity index is 1960. The highest BCUT2D eigenvalue weighted by molar-refractivity contribution is 5.95. The van der Waals surface area contributed by atoms with Crippen molar-refractivity contribution in [3.8, 4) is 16.9 Å². The molecular formula is C34H35FN6O3. The van der Waals surface area contributed by atoms with Gasteiger partial charge in [-0.05, 0) is 87.0 Å². The monoisotopic (exact) mass is 594 g/mol. The van der Waals surface area contributed by atoms with E-state index >= 15 is 0 Å². The van der Waals surface area contributed by atoms with Gasteiger partial charge in [-0.3, -0.25) is 19.0 Å². The lowest BCUT2D eigenvalue weighted by atomic mass is 10.0. The van der Waals surface area contributed by atoms with Crippen molar-refractivity contribution in [2.24, 2.45) is 0 Å². The molecule has 0 aliphatic carbocycles. The van der Waals surface area contributed by atoms with E-state index in [9.17, 15) is 18.8 Å². The summed E-state index contributed by atoms with van der Waals surface area (Å²) < 4.78 is 17.5. The number of aromatic nitrogens is 3. The molecule has 0 bridgehead atoms. The number of fused-ring (bicyclic) bond motifs is 1. The molecule has 1 unspecified atom stereocenters. The SMILES string of the molecule is CNC(C)C(=O)Nc1ncc(-c2cc(C(=O)N(C)C)ccc2C)n(Cc2cccc(-n3cc(C)c4cc(F)ccc43)c2)c1=O. The van der Waals surface area contributed by atoms with Crippen LogP contribution in [-0.2, 0) is 11.3 Å². The molecule has 44 heavy (non-hydrogen) atoms. The summed E-state index contributed by atoms with van der Waals surface area (Å²) in [6.45, 7) is 5.69. The Morgan fingerprint density at radius 2 is 1.80 bits per heavy atom. The van der Waals surface area contributed by atoms with Crippen LogP contribution in [0.15, 0.2) is 77.9 Å². The van der Waals surface area contributed by atoms with Gasteiger partial charge in [-0.1, -0.05) is 18.2 Å². The molecule has 1 atom stereocenters. The first-order valence-corrected chi connectivity index (χ1v) is 14.3. The van der Waals surface area contributed by atoms with Crippen LogP contribution in [0.2, 0.25) is 0 Å². The van der Waals surface area contributed by atoms with E-state index in [1.807, 2.05) is 54.9 Å². The fourth-order valence-corrected chi connectivity index (χ4v) is 5.16. The Morgan fingerprint density at radius 3 is 2.52 bits per heavy atom. The van der Waals surface area contributed by atoms with Gasteiger partial charge in [0.1, 0.15) is 5.82 Å². The summed E-state index contributed by atoms with van der Waals surface area (Å²) in [4.78, 5) is 45.3. The van der Waals surface area contributed by atoms with Gasteiger partial charge in [0.15, 0.2) is 5.82 Å². The number of anilines is 1. The van der Waals surface area contributed by atoms with Gasteiger partial charge in [-0.15, -0.1) is 0 Å². The van der Waals surface area contributed by atoms with Gasteiger partial charge >= 0.3 is 0 Å². The predicted octanol–water partition coefficient (Wildman–Crippen LogP) is 4.91. The summed E-state index contributed by atoms with van der Waals surface area (Å²) in [5.41, 5.74) is 5.50. The zero-order chi connectivity index (χ0) is 31.7. The predicted molar refractivity (Wildman–Crippen MR) is 171 cm³/mol. The van der Waals surface area contributed by atoms with Gasteiger partial charge in [0.25, 0.3) is 11.5 Å². The number of carbonyl (C=O) groups is 2. The summed E-state index contributed by atoms with van der Waals surface area (Å²) in [5, 5.41) is 6.33. The molecule has 2 aromatic heterocycles. The van der Waals surface area contributed by atoms with Crippen LogP contribution in [-0.4, -0.2) is 58.0 Å². The number of carbonyl (C=O) groups excluding carboxylic acids is 2. The standard InChI is InChI=1S/C34H35FN6O3/c1-20-10-11-24(33(43)39(5)6)15-27(20)30-17-37-31(38-32(42)22(3)36-4)34(44)41(30)19-23-8-7-9-26(14-23)40-18-21(2)28-16-25(35)12-13-29(28)40/h7-18,22,36H,19H2,1-6H3,(H,37,38,42). The van der Waals surface area contributed by atoms with Crippen molar-refractivity contribution in [3.05, 3.63) is 111 Å². The van der Waals surface area contributed by atoms with E-state index in [2.05, 4.69) is 15.6 Å². The van der Waals surface area contributed by atoms with Crippen molar-refractivity contribution in [3.63, 3.8) is 0 Å². The number of rotatable bonds is 8. The molecule has 0 aliphatic heterocycles. The highest BCUT2D eigenvalue weighted by Gasteiger charge is 2.20. The fraction of sp³-hybridized carbons (Fsp3) is 0.235. The minimum atomic E-state index is -0.537. The number of nitrogens with one attached hydrogen (secondary N) is 2. The molecule has 0 radical (unpaired) electrons. The second-order valence-electron chi connectivity index (χ2n) is 11.1. The lowest BCUT2D eigenvalue weighted by molar-refractivity contribution is -0.117. The van der Waals surface area contributed by atoms with Crippen LogP contribution >= 0.6 is 0 Å². The summed E-state index contributed by atoms with van der Waals surface area (Å²) in [6, 6.07) is 17.3. The van der Waals surface area contributed by atoms with Crippen molar-refractivity contribution in [2.45, 2.75) is 33.4 Å². The zero-order valence-corrected chi connectivity index (χ0v) is 25.6. The number of nitrogens with zero attached hydrogens (tertiary/aromatic N) is 4. The first kappa shape index (κ1) is 30.4.